The summed E-state index contributed by atoms with van der Waals surface area (Å²) in [6, 6.07) is 12.9. The summed E-state index contributed by atoms with van der Waals surface area (Å²) in [7, 11) is 0. The van der Waals surface area contributed by atoms with E-state index in [4.69, 9.17) is 0 Å². The van der Waals surface area contributed by atoms with E-state index < -0.39 is 0 Å². The van der Waals surface area contributed by atoms with Crippen molar-refractivity contribution in [2.75, 3.05) is 23.3 Å². The van der Waals surface area contributed by atoms with Gasteiger partial charge >= 0.3 is 0 Å². The maximum Gasteiger partial charge on any atom is 0.227 e. The number of hydrogen-bond acceptors (Lipinski definition) is 4. The summed E-state index contributed by atoms with van der Waals surface area (Å²) < 4.78 is 0. The summed E-state index contributed by atoms with van der Waals surface area (Å²) in [5.74, 6) is 0.403. The predicted molar refractivity (Wildman–Crippen MR) is 104 cm³/mol. The lowest BCUT2D eigenvalue weighted by Gasteiger charge is -2.34. The topological polar surface area (TPSA) is 57.3 Å². The van der Waals surface area contributed by atoms with Gasteiger partial charge in [-0.2, -0.15) is 0 Å². The van der Waals surface area contributed by atoms with Crippen molar-refractivity contribution in [3.05, 3.63) is 54.4 Å². The second-order valence-corrected chi connectivity index (χ2v) is 7.32. The molecule has 0 spiro atoms. The van der Waals surface area contributed by atoms with Crippen LogP contribution in [0.2, 0.25) is 0 Å². The van der Waals surface area contributed by atoms with Gasteiger partial charge in [-0.05, 0) is 55.5 Å². The number of piperidine rings is 1. The van der Waals surface area contributed by atoms with Crippen molar-refractivity contribution in [2.24, 2.45) is 5.92 Å². The standard InChI is InChI=1S/C21H26N4O/c26-21(17-6-7-17)24-19-4-1-5-20(13-19)25-11-8-18(9-12-25)23-15-16-3-2-10-22-14-16/h1-5,10,13-14,17-18,23H,6-9,11-12,15H2,(H,24,26). The van der Waals surface area contributed by atoms with E-state index >= 15 is 0 Å². The molecule has 1 aliphatic heterocycles. The Kier molecular flexibility index (Phi) is 5.16. The molecule has 26 heavy (non-hydrogen) atoms. The number of rotatable bonds is 6. The SMILES string of the molecule is O=C(Nc1cccc(N2CCC(NCc3cccnc3)CC2)c1)C1CC1. The van der Waals surface area contributed by atoms with E-state index in [1.807, 2.05) is 30.6 Å². The molecule has 5 heteroatoms. The highest BCUT2D eigenvalue weighted by Gasteiger charge is 2.29. The number of carbonyl (C=O) groups excluding carboxylic acids is 1. The highest BCUT2D eigenvalue weighted by molar-refractivity contribution is 5.94. The van der Waals surface area contributed by atoms with Crippen molar-refractivity contribution in [2.45, 2.75) is 38.3 Å². The Morgan fingerprint density at radius 3 is 2.69 bits per heavy atom. The van der Waals surface area contributed by atoms with E-state index in [2.05, 4.69) is 38.7 Å². The second-order valence-electron chi connectivity index (χ2n) is 7.32. The number of benzene rings is 1. The van der Waals surface area contributed by atoms with Gasteiger partial charge in [-0.3, -0.25) is 9.78 Å². The van der Waals surface area contributed by atoms with Crippen molar-refractivity contribution in [3.63, 3.8) is 0 Å². The van der Waals surface area contributed by atoms with Crippen molar-refractivity contribution >= 4 is 17.3 Å². The average Bonchev–Trinajstić information content (AvgIpc) is 3.53. The van der Waals surface area contributed by atoms with E-state index in [1.54, 1.807) is 0 Å². The third kappa shape index (κ3) is 4.41. The first-order valence-corrected chi connectivity index (χ1v) is 9.56. The van der Waals surface area contributed by atoms with Gasteiger partial charge in [-0.15, -0.1) is 0 Å². The molecule has 1 aromatic carbocycles. The van der Waals surface area contributed by atoms with Gasteiger partial charge in [-0.1, -0.05) is 12.1 Å². The first-order chi connectivity index (χ1) is 12.8. The second kappa shape index (κ2) is 7.87. The molecule has 0 unspecified atom stereocenters. The highest BCUT2D eigenvalue weighted by Crippen LogP contribution is 2.31. The molecule has 1 saturated carbocycles. The lowest BCUT2D eigenvalue weighted by molar-refractivity contribution is -0.117. The molecule has 1 aliphatic carbocycles. The summed E-state index contributed by atoms with van der Waals surface area (Å²) in [6.07, 6.45) is 8.04. The van der Waals surface area contributed by atoms with Crippen molar-refractivity contribution < 1.29 is 4.79 Å². The lowest BCUT2D eigenvalue weighted by atomic mass is 10.0. The highest BCUT2D eigenvalue weighted by atomic mass is 16.2. The molecular weight excluding hydrogens is 324 g/mol. The molecule has 2 heterocycles. The Morgan fingerprint density at radius 1 is 1.12 bits per heavy atom. The van der Waals surface area contributed by atoms with Crippen molar-refractivity contribution in [1.82, 2.24) is 10.3 Å². The number of amides is 1. The van der Waals surface area contributed by atoms with Gasteiger partial charge in [0, 0.05) is 55.4 Å². The average molecular weight is 350 g/mol. The molecule has 2 aliphatic rings. The molecule has 0 bridgehead atoms. The first-order valence-electron chi connectivity index (χ1n) is 9.56. The summed E-state index contributed by atoms with van der Waals surface area (Å²) in [5, 5.41) is 6.69. The summed E-state index contributed by atoms with van der Waals surface area (Å²) in [6.45, 7) is 2.94. The van der Waals surface area contributed by atoms with E-state index in [-0.39, 0.29) is 11.8 Å². The predicted octanol–water partition coefficient (Wildman–Crippen LogP) is 3.19. The molecule has 2 fully saturated rings. The van der Waals surface area contributed by atoms with Crippen LogP contribution in [-0.2, 0) is 11.3 Å². The number of hydrogen-bond donors (Lipinski definition) is 2. The minimum atomic E-state index is 0.167. The van der Waals surface area contributed by atoms with Gasteiger partial charge in [0.1, 0.15) is 0 Å². The van der Waals surface area contributed by atoms with E-state index in [0.717, 1.165) is 51.0 Å². The zero-order chi connectivity index (χ0) is 17.8. The summed E-state index contributed by atoms with van der Waals surface area (Å²) in [4.78, 5) is 18.5. The first kappa shape index (κ1) is 17.0. The van der Waals surface area contributed by atoms with Gasteiger partial charge in [0.25, 0.3) is 0 Å². The largest absolute Gasteiger partial charge is 0.371 e. The maximum atomic E-state index is 12.0. The third-order valence-corrected chi connectivity index (χ3v) is 5.24. The van der Waals surface area contributed by atoms with Gasteiger partial charge in [0.15, 0.2) is 0 Å². The Labute approximate surface area is 154 Å². The lowest BCUT2D eigenvalue weighted by Crippen LogP contribution is -2.42. The summed E-state index contributed by atoms with van der Waals surface area (Å²) >= 11 is 0. The van der Waals surface area contributed by atoms with E-state index in [0.29, 0.717) is 6.04 Å². The fourth-order valence-electron chi connectivity index (χ4n) is 3.48. The third-order valence-electron chi connectivity index (χ3n) is 5.24. The molecule has 2 N–H and O–H groups in total. The monoisotopic (exact) mass is 350 g/mol. The van der Waals surface area contributed by atoms with Crippen LogP contribution in [0.1, 0.15) is 31.2 Å². The van der Waals surface area contributed by atoms with Gasteiger partial charge in [-0.25, -0.2) is 0 Å². The van der Waals surface area contributed by atoms with Crippen LogP contribution in [0.25, 0.3) is 0 Å². The molecule has 2 aromatic rings. The Hall–Kier alpha value is -2.40. The number of aromatic nitrogens is 1. The van der Waals surface area contributed by atoms with Crippen LogP contribution >= 0.6 is 0 Å². The molecule has 1 saturated heterocycles. The van der Waals surface area contributed by atoms with Gasteiger partial charge in [0.05, 0.1) is 0 Å². The van der Waals surface area contributed by atoms with E-state index in [9.17, 15) is 4.79 Å². The minimum absolute atomic E-state index is 0.167. The zero-order valence-corrected chi connectivity index (χ0v) is 15.0. The summed E-state index contributed by atoms with van der Waals surface area (Å²) in [5.41, 5.74) is 3.34. The quantitative estimate of drug-likeness (QED) is 0.840. The Balaban J connectivity index is 1.28. The fourth-order valence-corrected chi connectivity index (χ4v) is 3.48. The van der Waals surface area contributed by atoms with Gasteiger partial charge in [0.2, 0.25) is 5.91 Å². The molecule has 1 amide bonds. The zero-order valence-electron chi connectivity index (χ0n) is 15.0. The smallest absolute Gasteiger partial charge is 0.227 e. The molecular formula is C21H26N4O. The number of anilines is 2. The number of nitrogens with one attached hydrogen (secondary N) is 2. The molecule has 0 atom stereocenters. The Bertz CT molecular complexity index is 737. The van der Waals surface area contributed by atoms with Crippen molar-refractivity contribution in [1.29, 1.82) is 0 Å². The van der Waals surface area contributed by atoms with Crippen molar-refractivity contribution in [3.8, 4) is 0 Å². The Morgan fingerprint density at radius 2 is 1.96 bits per heavy atom. The maximum absolute atomic E-state index is 12.0. The molecule has 1 aromatic heterocycles. The molecule has 136 valence electrons. The van der Waals surface area contributed by atoms with E-state index in [1.165, 1.54) is 11.3 Å². The van der Waals surface area contributed by atoms with Crippen LogP contribution in [0.5, 0.6) is 0 Å². The number of carbonyl (C=O) groups is 1. The van der Waals surface area contributed by atoms with Crippen LogP contribution in [0, 0.1) is 5.92 Å². The fraction of sp³-hybridized carbons (Fsp3) is 0.429. The van der Waals surface area contributed by atoms with Gasteiger partial charge < -0.3 is 15.5 Å². The van der Waals surface area contributed by atoms with Crippen LogP contribution in [0.15, 0.2) is 48.8 Å². The molecule has 4 rings (SSSR count). The normalized spacial score (nSPS) is 17.9. The molecule has 5 nitrogen and oxygen atoms in total. The van der Waals surface area contributed by atoms with Crippen LogP contribution in [0.3, 0.4) is 0 Å². The molecule has 0 radical (unpaired) electrons. The van der Waals surface area contributed by atoms with Crippen LogP contribution < -0.4 is 15.5 Å². The van der Waals surface area contributed by atoms with Crippen LogP contribution in [0.4, 0.5) is 11.4 Å². The minimum Gasteiger partial charge on any atom is -0.371 e. The van der Waals surface area contributed by atoms with Crippen LogP contribution in [-0.4, -0.2) is 30.0 Å². The number of pyridine rings is 1. The number of nitrogens with zero attached hydrogens (tertiary/aromatic N) is 2.